The topological polar surface area (TPSA) is 56.9 Å². The quantitative estimate of drug-likeness (QED) is 0.167. The average Bonchev–Trinajstić information content (AvgIpc) is 3.54. The summed E-state index contributed by atoms with van der Waals surface area (Å²) < 4.78 is 4.02. The van der Waals surface area contributed by atoms with Crippen LogP contribution in [0, 0.1) is 0 Å². The molecule has 0 aliphatic heterocycles. The molecule has 0 amide bonds. The Kier molecular flexibility index (Phi) is 5.34. The second kappa shape index (κ2) is 8.80. The van der Waals surface area contributed by atoms with Gasteiger partial charge in [0.05, 0.1) is 26.8 Å². The van der Waals surface area contributed by atoms with Crippen LogP contribution >= 0.6 is 23.2 Å². The number of fused-ring (bicyclic) bond motifs is 3. The number of rotatable bonds is 3. The predicted octanol–water partition coefficient (Wildman–Crippen LogP) is 7.95. The molecule has 188 valence electrons. The molecule has 2 heterocycles. The molecule has 5 nitrogen and oxygen atoms in total. The lowest BCUT2D eigenvalue weighted by Gasteiger charge is -2.09. The summed E-state index contributed by atoms with van der Waals surface area (Å²) in [6, 6.07) is 29.1. The highest BCUT2D eigenvalue weighted by Gasteiger charge is 2.34. The number of ketones is 2. The van der Waals surface area contributed by atoms with Gasteiger partial charge in [0.2, 0.25) is 0 Å². The molecule has 0 N–H and O–H groups in total. The number of benzene rings is 4. The number of hydrogen-bond donors (Lipinski definition) is 0. The molecule has 6 aromatic rings. The molecule has 0 spiro atoms. The molecule has 0 fully saturated rings. The van der Waals surface area contributed by atoms with Gasteiger partial charge < -0.3 is 4.57 Å². The van der Waals surface area contributed by atoms with Crippen LogP contribution in [0.2, 0.25) is 10.0 Å². The molecule has 39 heavy (non-hydrogen) atoms. The summed E-state index contributed by atoms with van der Waals surface area (Å²) in [6.45, 7) is 0. The van der Waals surface area contributed by atoms with Crippen LogP contribution < -0.4 is 0 Å². The monoisotopic (exact) mass is 547 g/mol. The predicted molar refractivity (Wildman–Crippen MR) is 156 cm³/mol. The second-order valence-corrected chi connectivity index (χ2v) is 10.3. The van der Waals surface area contributed by atoms with Gasteiger partial charge in [0, 0.05) is 29.4 Å². The van der Waals surface area contributed by atoms with E-state index in [1.54, 1.807) is 6.08 Å². The first-order valence-electron chi connectivity index (χ1n) is 12.3. The SMILES string of the molecule is Cn1c(-c2cccc3ccccc23)nc2c1cc(C=C1C(=O)c3cc(Cl)c(Cl)cc3C1=O)n2-c1ccccc1. The summed E-state index contributed by atoms with van der Waals surface area (Å²) in [5, 5.41) is 2.72. The van der Waals surface area contributed by atoms with Crippen molar-refractivity contribution in [1.29, 1.82) is 0 Å². The van der Waals surface area contributed by atoms with Crippen LogP contribution in [0.15, 0.2) is 96.6 Å². The van der Waals surface area contributed by atoms with Crippen LogP contribution in [0.5, 0.6) is 0 Å². The number of carbonyl (C=O) groups is 2. The van der Waals surface area contributed by atoms with E-state index in [9.17, 15) is 9.59 Å². The molecule has 0 unspecified atom stereocenters. The molecule has 2 aromatic heterocycles. The lowest BCUT2D eigenvalue weighted by Crippen LogP contribution is -2.03. The minimum absolute atomic E-state index is 0.0672. The van der Waals surface area contributed by atoms with Crippen LogP contribution in [0.1, 0.15) is 26.4 Å². The molecule has 4 aromatic carbocycles. The van der Waals surface area contributed by atoms with Gasteiger partial charge in [-0.2, -0.15) is 0 Å². The van der Waals surface area contributed by atoms with Gasteiger partial charge in [0.15, 0.2) is 17.2 Å². The van der Waals surface area contributed by atoms with E-state index in [0.717, 1.165) is 39.0 Å². The van der Waals surface area contributed by atoms with Crippen LogP contribution in [-0.4, -0.2) is 25.7 Å². The highest BCUT2D eigenvalue weighted by molar-refractivity contribution is 6.46. The van der Waals surface area contributed by atoms with Crippen molar-refractivity contribution in [2.24, 2.45) is 7.05 Å². The summed E-state index contributed by atoms with van der Waals surface area (Å²) >= 11 is 12.3. The minimum Gasteiger partial charge on any atom is -0.326 e. The van der Waals surface area contributed by atoms with E-state index in [2.05, 4.69) is 24.3 Å². The Labute approximate surface area is 233 Å². The number of para-hydroxylation sites is 1. The van der Waals surface area contributed by atoms with Crippen molar-refractivity contribution in [1.82, 2.24) is 14.1 Å². The number of hydrogen-bond acceptors (Lipinski definition) is 3. The normalized spacial score (nSPS) is 13.1. The van der Waals surface area contributed by atoms with Crippen molar-refractivity contribution >= 4 is 62.8 Å². The van der Waals surface area contributed by atoms with E-state index >= 15 is 0 Å². The number of carbonyl (C=O) groups excluding carboxylic acids is 2. The van der Waals surface area contributed by atoms with Crippen LogP contribution in [0.3, 0.4) is 0 Å². The van der Waals surface area contributed by atoms with E-state index in [-0.39, 0.29) is 38.3 Å². The van der Waals surface area contributed by atoms with E-state index < -0.39 is 0 Å². The Bertz CT molecular complexity index is 1990. The molecule has 0 saturated heterocycles. The van der Waals surface area contributed by atoms with E-state index in [1.165, 1.54) is 12.1 Å². The van der Waals surface area contributed by atoms with Crippen molar-refractivity contribution < 1.29 is 9.59 Å². The summed E-state index contributed by atoms with van der Waals surface area (Å²) in [5.41, 5.74) is 4.74. The maximum Gasteiger partial charge on any atom is 0.197 e. The number of allylic oxidation sites excluding steroid dienone is 1. The van der Waals surface area contributed by atoms with Gasteiger partial charge in [-0.3, -0.25) is 14.2 Å². The lowest BCUT2D eigenvalue weighted by atomic mass is 10.0. The maximum atomic E-state index is 13.3. The number of Topliss-reactive ketones (excluding diaryl/α,β-unsaturated/α-hetero) is 2. The molecule has 0 radical (unpaired) electrons. The molecule has 0 atom stereocenters. The molecule has 0 bridgehead atoms. The summed E-state index contributed by atoms with van der Waals surface area (Å²) in [4.78, 5) is 31.7. The summed E-state index contributed by atoms with van der Waals surface area (Å²) in [6.07, 6.45) is 1.64. The number of aromatic nitrogens is 3. The molecule has 1 aliphatic carbocycles. The summed E-state index contributed by atoms with van der Waals surface area (Å²) in [5.74, 6) is 0.0797. The Morgan fingerprint density at radius 1 is 0.744 bits per heavy atom. The molecule has 1 aliphatic rings. The lowest BCUT2D eigenvalue weighted by molar-refractivity contribution is 0.0990. The second-order valence-electron chi connectivity index (χ2n) is 9.50. The van der Waals surface area contributed by atoms with Crippen molar-refractivity contribution in [3.05, 3.63) is 123 Å². The zero-order valence-corrected chi connectivity index (χ0v) is 22.2. The molecular formula is C32H19Cl2N3O2. The van der Waals surface area contributed by atoms with E-state index in [4.69, 9.17) is 28.2 Å². The molecule has 7 rings (SSSR count). The van der Waals surface area contributed by atoms with Crippen LogP contribution in [-0.2, 0) is 7.05 Å². The zero-order chi connectivity index (χ0) is 26.8. The molecule has 0 saturated carbocycles. The third-order valence-corrected chi connectivity index (χ3v) is 7.97. The molecular weight excluding hydrogens is 529 g/mol. The molecule has 7 heteroatoms. The third kappa shape index (κ3) is 3.58. The fraction of sp³-hybridized carbons (Fsp3) is 0.0312. The Hall–Kier alpha value is -4.45. The van der Waals surface area contributed by atoms with Gasteiger partial charge in [-0.25, -0.2) is 4.98 Å². The van der Waals surface area contributed by atoms with Crippen molar-refractivity contribution in [3.63, 3.8) is 0 Å². The van der Waals surface area contributed by atoms with E-state index in [0.29, 0.717) is 5.69 Å². The highest BCUT2D eigenvalue weighted by atomic mass is 35.5. The third-order valence-electron chi connectivity index (χ3n) is 7.25. The standard InChI is InChI=1S/C32H19Cl2N3O2/c1-36-28-15-20(14-25-29(38)23-16-26(33)27(34)17-24(23)30(25)39)37(19-10-3-2-4-11-19)32(28)35-31(36)22-13-7-9-18-8-5-6-12-21(18)22/h2-17H,1H3. The Morgan fingerprint density at radius 2 is 1.38 bits per heavy atom. The number of imidazole rings is 1. The average molecular weight is 548 g/mol. The highest BCUT2D eigenvalue weighted by Crippen LogP contribution is 2.37. The van der Waals surface area contributed by atoms with Gasteiger partial charge >= 0.3 is 0 Å². The first-order valence-corrected chi connectivity index (χ1v) is 13.1. The smallest absolute Gasteiger partial charge is 0.197 e. The van der Waals surface area contributed by atoms with Crippen molar-refractivity contribution in [2.45, 2.75) is 0 Å². The van der Waals surface area contributed by atoms with Gasteiger partial charge in [-0.1, -0.05) is 83.9 Å². The van der Waals surface area contributed by atoms with Crippen LogP contribution in [0.25, 0.3) is 45.1 Å². The fourth-order valence-electron chi connectivity index (χ4n) is 5.36. The minimum atomic E-state index is -0.372. The number of halogens is 2. The van der Waals surface area contributed by atoms with Gasteiger partial charge in [-0.15, -0.1) is 0 Å². The van der Waals surface area contributed by atoms with E-state index in [1.807, 2.05) is 70.8 Å². The summed E-state index contributed by atoms with van der Waals surface area (Å²) in [7, 11) is 1.98. The maximum absolute atomic E-state index is 13.3. The van der Waals surface area contributed by atoms with Crippen LogP contribution in [0.4, 0.5) is 0 Å². The first kappa shape index (κ1) is 23.7. The first-order chi connectivity index (χ1) is 18.9. The largest absolute Gasteiger partial charge is 0.326 e. The fourth-order valence-corrected chi connectivity index (χ4v) is 5.69. The zero-order valence-electron chi connectivity index (χ0n) is 20.7. The number of aryl methyl sites for hydroxylation is 1. The van der Waals surface area contributed by atoms with Crippen molar-refractivity contribution in [3.8, 4) is 17.1 Å². The van der Waals surface area contributed by atoms with Crippen molar-refractivity contribution in [2.75, 3.05) is 0 Å². The number of nitrogens with zero attached hydrogens (tertiary/aromatic N) is 3. The Balaban J connectivity index is 1.45. The van der Waals surface area contributed by atoms with Gasteiger partial charge in [0.25, 0.3) is 0 Å². The Morgan fingerprint density at radius 3 is 2.10 bits per heavy atom. The van der Waals surface area contributed by atoms with Gasteiger partial charge in [0.1, 0.15) is 5.82 Å². The van der Waals surface area contributed by atoms with Gasteiger partial charge in [-0.05, 0) is 47.2 Å².